The molecule has 0 aliphatic heterocycles. The Morgan fingerprint density at radius 3 is 1.82 bits per heavy atom. The maximum atomic E-state index is 5.77. The molecule has 0 aromatic carbocycles. The summed E-state index contributed by atoms with van der Waals surface area (Å²) in [5, 5.41) is 3.50. The van der Waals surface area contributed by atoms with Gasteiger partial charge in [0.2, 0.25) is 0 Å². The molecule has 0 radical (unpaired) electrons. The third-order valence-electron chi connectivity index (χ3n) is 4.88. The first-order chi connectivity index (χ1) is 13.8. The summed E-state index contributed by atoms with van der Waals surface area (Å²) >= 11 is 0. The molecule has 172 valence electrons. The van der Waals surface area contributed by atoms with Crippen LogP contribution in [0, 0.1) is 0 Å². The summed E-state index contributed by atoms with van der Waals surface area (Å²) in [6.45, 7) is 13.9. The molecule has 3 N–H and O–H groups in total. The molecule has 4 nitrogen and oxygen atoms in total. The molecule has 0 saturated heterocycles. The van der Waals surface area contributed by atoms with E-state index in [-0.39, 0.29) is 0 Å². The van der Waals surface area contributed by atoms with Crippen LogP contribution in [0.2, 0.25) is 0 Å². The maximum Gasteiger partial charge on any atom is 0.0704 e. The monoisotopic (exact) mass is 402 g/mol. The van der Waals surface area contributed by atoms with Crippen molar-refractivity contribution in [1.82, 2.24) is 5.32 Å². The van der Waals surface area contributed by atoms with Crippen LogP contribution in [0.5, 0.6) is 0 Å². The summed E-state index contributed by atoms with van der Waals surface area (Å²) in [6, 6.07) is 0. The number of ether oxygens (including phenoxy) is 2. The van der Waals surface area contributed by atoms with E-state index in [1.807, 2.05) is 6.92 Å². The molecule has 0 bridgehead atoms. The topological polar surface area (TPSA) is 56.5 Å². The van der Waals surface area contributed by atoms with Crippen molar-refractivity contribution in [1.29, 1.82) is 0 Å². The van der Waals surface area contributed by atoms with Crippen LogP contribution in [-0.2, 0) is 9.47 Å². The van der Waals surface area contributed by atoms with Crippen molar-refractivity contribution in [3.63, 3.8) is 0 Å². The largest absolute Gasteiger partial charge is 0.379 e. The number of rotatable bonds is 21. The molecular formula is C24H54N2O2. The second kappa shape index (κ2) is 29.0. The van der Waals surface area contributed by atoms with Gasteiger partial charge in [0.25, 0.3) is 0 Å². The Bertz CT molecular complexity index is 247. The number of hydrogen-bond donors (Lipinski definition) is 2. The highest BCUT2D eigenvalue weighted by Gasteiger charge is 2.05. The summed E-state index contributed by atoms with van der Waals surface area (Å²) in [5.74, 6) is 0. The Morgan fingerprint density at radius 1 is 0.714 bits per heavy atom. The zero-order chi connectivity index (χ0) is 21.1. The van der Waals surface area contributed by atoms with Crippen LogP contribution >= 0.6 is 0 Å². The summed E-state index contributed by atoms with van der Waals surface area (Å²) in [4.78, 5) is 0. The first-order valence-corrected chi connectivity index (χ1v) is 12.4. The fourth-order valence-corrected chi connectivity index (χ4v) is 2.96. The van der Waals surface area contributed by atoms with Crippen LogP contribution in [0.1, 0.15) is 111 Å². The summed E-state index contributed by atoms with van der Waals surface area (Å²) < 4.78 is 11.0. The molecule has 0 aromatic rings. The van der Waals surface area contributed by atoms with E-state index >= 15 is 0 Å². The molecule has 0 amide bonds. The predicted octanol–water partition coefficient (Wildman–Crippen LogP) is 6.07. The minimum absolute atomic E-state index is 0.334. The number of unbranched alkanes of at least 4 members (excludes halogenated alkanes) is 10. The summed E-state index contributed by atoms with van der Waals surface area (Å²) in [6.07, 6.45) is 17.6. The van der Waals surface area contributed by atoms with Crippen LogP contribution < -0.4 is 11.1 Å². The molecule has 0 rings (SSSR count). The minimum Gasteiger partial charge on any atom is -0.379 e. The first kappa shape index (κ1) is 30.0. The zero-order valence-corrected chi connectivity index (χ0v) is 19.9. The van der Waals surface area contributed by atoms with Gasteiger partial charge in [0, 0.05) is 13.2 Å². The molecule has 1 unspecified atom stereocenters. The van der Waals surface area contributed by atoms with Crippen molar-refractivity contribution in [2.24, 2.45) is 5.73 Å². The molecule has 0 aliphatic rings. The lowest BCUT2D eigenvalue weighted by Gasteiger charge is -2.16. The van der Waals surface area contributed by atoms with Gasteiger partial charge in [0.05, 0.1) is 19.3 Å². The molecule has 0 heterocycles. The Kier molecular flexibility index (Phi) is 31.2. The van der Waals surface area contributed by atoms with Gasteiger partial charge in [-0.2, -0.15) is 0 Å². The third kappa shape index (κ3) is 28.1. The molecule has 4 heteroatoms. The molecule has 0 fully saturated rings. The lowest BCUT2D eigenvalue weighted by atomic mass is 10.1. The summed E-state index contributed by atoms with van der Waals surface area (Å²) in [5.41, 5.74) is 5.34. The van der Waals surface area contributed by atoms with Crippen LogP contribution in [0.15, 0.2) is 0 Å². The van der Waals surface area contributed by atoms with Crippen molar-refractivity contribution in [2.45, 2.75) is 117 Å². The minimum atomic E-state index is 0.334. The van der Waals surface area contributed by atoms with Gasteiger partial charge in [0.1, 0.15) is 0 Å². The van der Waals surface area contributed by atoms with Crippen molar-refractivity contribution < 1.29 is 9.47 Å². The van der Waals surface area contributed by atoms with Crippen molar-refractivity contribution >= 4 is 0 Å². The lowest BCUT2D eigenvalue weighted by molar-refractivity contribution is 0.00657. The molecule has 28 heavy (non-hydrogen) atoms. The predicted molar refractivity (Wildman–Crippen MR) is 125 cm³/mol. The van der Waals surface area contributed by atoms with Gasteiger partial charge in [-0.25, -0.2) is 0 Å². The van der Waals surface area contributed by atoms with Gasteiger partial charge in [-0.15, -0.1) is 0 Å². The normalized spacial score (nSPS) is 11.9. The molecule has 1 atom stereocenters. The fraction of sp³-hybridized carbons (Fsp3) is 1.00. The highest BCUT2D eigenvalue weighted by atomic mass is 16.5. The van der Waals surface area contributed by atoms with E-state index in [4.69, 9.17) is 15.2 Å². The fourth-order valence-electron chi connectivity index (χ4n) is 2.96. The second-order valence-electron chi connectivity index (χ2n) is 7.63. The van der Waals surface area contributed by atoms with E-state index in [2.05, 4.69) is 26.1 Å². The average Bonchev–Trinajstić information content (AvgIpc) is 2.72. The van der Waals surface area contributed by atoms with E-state index in [0.29, 0.717) is 19.3 Å². The Balaban J connectivity index is 0. The van der Waals surface area contributed by atoms with E-state index in [1.54, 1.807) is 0 Å². The maximum absolute atomic E-state index is 5.77. The van der Waals surface area contributed by atoms with E-state index in [9.17, 15) is 0 Å². The van der Waals surface area contributed by atoms with Gasteiger partial charge in [0.15, 0.2) is 0 Å². The SMILES string of the molecule is CCCCCCCCN.CCCCCCCCNCC(CC)OCCOCC. The Morgan fingerprint density at radius 2 is 1.29 bits per heavy atom. The van der Waals surface area contributed by atoms with E-state index < -0.39 is 0 Å². The molecule has 0 spiro atoms. The van der Waals surface area contributed by atoms with Gasteiger partial charge < -0.3 is 20.5 Å². The molecule has 0 saturated carbocycles. The second-order valence-corrected chi connectivity index (χ2v) is 7.63. The van der Waals surface area contributed by atoms with Gasteiger partial charge in [-0.3, -0.25) is 0 Å². The van der Waals surface area contributed by atoms with Crippen molar-refractivity contribution in [3.05, 3.63) is 0 Å². The van der Waals surface area contributed by atoms with Crippen LogP contribution in [0.25, 0.3) is 0 Å². The van der Waals surface area contributed by atoms with Crippen LogP contribution in [0.3, 0.4) is 0 Å². The Labute approximate surface area is 177 Å². The van der Waals surface area contributed by atoms with Crippen LogP contribution in [0.4, 0.5) is 0 Å². The van der Waals surface area contributed by atoms with Crippen molar-refractivity contribution in [2.75, 3.05) is 39.5 Å². The first-order valence-electron chi connectivity index (χ1n) is 12.4. The van der Waals surface area contributed by atoms with Gasteiger partial charge >= 0.3 is 0 Å². The van der Waals surface area contributed by atoms with Gasteiger partial charge in [-0.05, 0) is 39.3 Å². The zero-order valence-electron chi connectivity index (χ0n) is 19.9. The average molecular weight is 403 g/mol. The lowest BCUT2D eigenvalue weighted by Crippen LogP contribution is -2.30. The number of nitrogens with one attached hydrogen (secondary N) is 1. The smallest absolute Gasteiger partial charge is 0.0704 e. The van der Waals surface area contributed by atoms with Crippen LogP contribution in [-0.4, -0.2) is 45.6 Å². The highest BCUT2D eigenvalue weighted by molar-refractivity contribution is 4.60. The molecular weight excluding hydrogens is 348 g/mol. The summed E-state index contributed by atoms with van der Waals surface area (Å²) in [7, 11) is 0. The number of hydrogen-bond acceptors (Lipinski definition) is 4. The molecule has 0 aromatic heterocycles. The van der Waals surface area contributed by atoms with Crippen molar-refractivity contribution in [3.8, 4) is 0 Å². The highest BCUT2D eigenvalue weighted by Crippen LogP contribution is 2.04. The Hall–Kier alpha value is -0.160. The number of nitrogens with two attached hydrogens (primary N) is 1. The molecule has 0 aliphatic carbocycles. The van der Waals surface area contributed by atoms with Gasteiger partial charge in [-0.1, -0.05) is 85.0 Å². The van der Waals surface area contributed by atoms with E-state index in [0.717, 1.165) is 32.7 Å². The quantitative estimate of drug-likeness (QED) is 0.229. The van der Waals surface area contributed by atoms with E-state index in [1.165, 1.54) is 77.0 Å². The standard InChI is InChI=1S/C16H35NO2.C8H19N/c1-4-7-8-9-10-11-12-17-15-16(5-2)19-14-13-18-6-3;1-2-3-4-5-6-7-8-9/h16-17H,4-15H2,1-3H3;2-9H2,1H3. The third-order valence-corrected chi connectivity index (χ3v) is 4.88.